The molecule has 0 bridgehead atoms. The van der Waals surface area contributed by atoms with Crippen LogP contribution in [0.25, 0.3) is 0 Å². The molecule has 0 fully saturated rings. The van der Waals surface area contributed by atoms with Crippen LogP contribution >= 0.6 is 0 Å². The average Bonchev–Trinajstić information content (AvgIpc) is 2.59. The molecule has 0 saturated carbocycles. The lowest BCUT2D eigenvalue weighted by molar-refractivity contribution is -0.127. The Morgan fingerprint density at radius 2 is 1.44 bits per heavy atom. The minimum atomic E-state index is -0.915. The zero-order chi connectivity index (χ0) is 20.2. The van der Waals surface area contributed by atoms with Gasteiger partial charge >= 0.3 is 0 Å². The van der Waals surface area contributed by atoms with Gasteiger partial charge in [-0.1, -0.05) is 19.1 Å². The van der Waals surface area contributed by atoms with Gasteiger partial charge in [-0.15, -0.1) is 0 Å². The van der Waals surface area contributed by atoms with E-state index in [-0.39, 0.29) is 29.7 Å². The highest BCUT2D eigenvalue weighted by molar-refractivity contribution is 6.01. The van der Waals surface area contributed by atoms with Gasteiger partial charge in [0.15, 0.2) is 0 Å². The molecule has 0 heterocycles. The van der Waals surface area contributed by atoms with Crippen LogP contribution in [0.4, 0.5) is 5.69 Å². The second kappa shape index (κ2) is 8.12. The second-order valence-electron chi connectivity index (χ2n) is 7.37. The summed E-state index contributed by atoms with van der Waals surface area (Å²) in [4.78, 5) is 27.3. The van der Waals surface area contributed by atoms with E-state index in [0.29, 0.717) is 11.3 Å². The fraction of sp³-hybridized carbons (Fsp3) is 0.333. The van der Waals surface area contributed by atoms with Gasteiger partial charge in [-0.25, -0.2) is 0 Å². The van der Waals surface area contributed by atoms with E-state index in [4.69, 9.17) is 0 Å². The molecule has 2 rings (SSSR count). The van der Waals surface area contributed by atoms with Gasteiger partial charge in [-0.2, -0.15) is 0 Å². The van der Waals surface area contributed by atoms with Gasteiger partial charge in [0.05, 0.1) is 0 Å². The van der Waals surface area contributed by atoms with Crippen LogP contribution in [-0.4, -0.2) is 27.6 Å². The summed E-state index contributed by atoms with van der Waals surface area (Å²) in [6, 6.07) is 11.4. The van der Waals surface area contributed by atoms with Crippen molar-refractivity contribution in [2.75, 3.05) is 4.90 Å². The van der Waals surface area contributed by atoms with Crippen molar-refractivity contribution in [1.29, 1.82) is 0 Å². The van der Waals surface area contributed by atoms with Crippen molar-refractivity contribution in [1.82, 2.24) is 5.32 Å². The van der Waals surface area contributed by atoms with Crippen LogP contribution < -0.4 is 10.2 Å². The van der Waals surface area contributed by atoms with Crippen molar-refractivity contribution in [2.45, 2.75) is 45.7 Å². The van der Waals surface area contributed by atoms with Crippen molar-refractivity contribution < 1.29 is 19.8 Å². The lowest BCUT2D eigenvalue weighted by Crippen LogP contribution is -2.49. The quantitative estimate of drug-likeness (QED) is 0.751. The number of benzene rings is 2. The van der Waals surface area contributed by atoms with Crippen LogP contribution in [0.1, 0.15) is 45.7 Å². The summed E-state index contributed by atoms with van der Waals surface area (Å²) in [6.07, 6.45) is 0.207. The monoisotopic (exact) mass is 370 g/mol. The van der Waals surface area contributed by atoms with E-state index in [1.807, 2.05) is 20.8 Å². The number of nitrogens with zero attached hydrogens (tertiary/aromatic N) is 1. The molecule has 0 aliphatic heterocycles. The number of aromatic hydroxyl groups is 2. The highest BCUT2D eigenvalue weighted by Crippen LogP contribution is 2.31. The van der Waals surface area contributed by atoms with Gasteiger partial charge in [-0.05, 0) is 62.7 Å². The van der Waals surface area contributed by atoms with Crippen molar-refractivity contribution in [3.8, 4) is 11.5 Å². The Hall–Kier alpha value is -3.02. The lowest BCUT2D eigenvalue weighted by atomic mass is 10.0. The average molecular weight is 370 g/mol. The number of anilines is 1. The van der Waals surface area contributed by atoms with Crippen molar-refractivity contribution >= 4 is 17.5 Å². The summed E-state index contributed by atoms with van der Waals surface area (Å²) in [7, 11) is 0. The molecule has 2 aromatic rings. The number of carbonyl (C=O) groups is 2. The van der Waals surface area contributed by atoms with Gasteiger partial charge in [-0.3, -0.25) is 14.5 Å². The van der Waals surface area contributed by atoms with E-state index in [0.717, 1.165) is 0 Å². The Kier molecular flexibility index (Phi) is 6.10. The molecule has 0 radical (unpaired) electrons. The number of nitrogens with one attached hydrogen (secondary N) is 1. The number of amides is 2. The van der Waals surface area contributed by atoms with Gasteiger partial charge in [0.2, 0.25) is 11.8 Å². The highest BCUT2D eigenvalue weighted by atomic mass is 16.3. The highest BCUT2D eigenvalue weighted by Gasteiger charge is 2.33. The zero-order valence-corrected chi connectivity index (χ0v) is 16.1. The van der Waals surface area contributed by atoms with Crippen molar-refractivity contribution in [2.24, 2.45) is 0 Å². The number of rotatable bonds is 5. The van der Waals surface area contributed by atoms with Crippen LogP contribution in [-0.2, 0) is 9.59 Å². The van der Waals surface area contributed by atoms with E-state index in [9.17, 15) is 19.8 Å². The molecule has 6 heteroatoms. The molecule has 2 amide bonds. The summed E-state index contributed by atoms with van der Waals surface area (Å²) < 4.78 is 0. The summed E-state index contributed by atoms with van der Waals surface area (Å²) in [5, 5.41) is 22.1. The summed E-state index contributed by atoms with van der Waals surface area (Å²) in [5.74, 6) is -0.416. The molecular weight excluding hydrogens is 344 g/mol. The maximum atomic E-state index is 13.1. The SMILES string of the molecule is CCC(=O)N(c1ccc(O)cc1)[C@H](C(=O)NC(C)(C)C)c1ccc(O)cc1. The van der Waals surface area contributed by atoms with Crippen molar-refractivity contribution in [3.05, 3.63) is 54.1 Å². The Morgan fingerprint density at radius 3 is 1.89 bits per heavy atom. The van der Waals surface area contributed by atoms with Gasteiger partial charge in [0.25, 0.3) is 0 Å². The third-order valence-corrected chi connectivity index (χ3v) is 3.91. The fourth-order valence-corrected chi connectivity index (χ4v) is 2.73. The number of phenolic OH excluding ortho intramolecular Hbond substituents is 2. The van der Waals surface area contributed by atoms with E-state index in [1.165, 1.54) is 29.2 Å². The predicted octanol–water partition coefficient (Wildman–Crippen LogP) is 3.50. The normalized spacial score (nSPS) is 12.3. The third kappa shape index (κ3) is 5.23. The smallest absolute Gasteiger partial charge is 0.248 e. The largest absolute Gasteiger partial charge is 0.508 e. The van der Waals surface area contributed by atoms with E-state index < -0.39 is 11.6 Å². The van der Waals surface area contributed by atoms with Crippen LogP contribution in [0.2, 0.25) is 0 Å². The number of hydrogen-bond acceptors (Lipinski definition) is 4. The van der Waals surface area contributed by atoms with Crippen LogP contribution in [0.3, 0.4) is 0 Å². The molecule has 6 nitrogen and oxygen atoms in total. The van der Waals surface area contributed by atoms with Crippen LogP contribution in [0, 0.1) is 0 Å². The number of phenols is 2. The number of hydrogen-bond donors (Lipinski definition) is 3. The van der Waals surface area contributed by atoms with E-state index >= 15 is 0 Å². The molecule has 0 saturated heterocycles. The molecule has 0 aliphatic rings. The minimum absolute atomic E-state index is 0.0722. The van der Waals surface area contributed by atoms with E-state index in [1.54, 1.807) is 31.2 Å². The van der Waals surface area contributed by atoms with Crippen molar-refractivity contribution in [3.63, 3.8) is 0 Å². The summed E-state index contributed by atoms with van der Waals surface area (Å²) >= 11 is 0. The molecule has 1 atom stereocenters. The van der Waals surface area contributed by atoms with Crippen LogP contribution in [0.15, 0.2) is 48.5 Å². The number of carbonyl (C=O) groups excluding carboxylic acids is 2. The zero-order valence-electron chi connectivity index (χ0n) is 16.1. The maximum absolute atomic E-state index is 13.1. The van der Waals surface area contributed by atoms with E-state index in [2.05, 4.69) is 5.32 Å². The minimum Gasteiger partial charge on any atom is -0.508 e. The molecule has 144 valence electrons. The predicted molar refractivity (Wildman–Crippen MR) is 105 cm³/mol. The molecule has 3 N–H and O–H groups in total. The van der Waals surface area contributed by atoms with Crippen LogP contribution in [0.5, 0.6) is 11.5 Å². The fourth-order valence-electron chi connectivity index (χ4n) is 2.73. The molecule has 27 heavy (non-hydrogen) atoms. The first-order chi connectivity index (χ1) is 12.6. The Morgan fingerprint density at radius 1 is 0.963 bits per heavy atom. The molecule has 2 aromatic carbocycles. The van der Waals surface area contributed by atoms with Gasteiger partial charge < -0.3 is 15.5 Å². The summed E-state index contributed by atoms with van der Waals surface area (Å²) in [5.41, 5.74) is 0.591. The molecule has 0 aromatic heterocycles. The Bertz CT molecular complexity index is 792. The Labute approximate surface area is 159 Å². The van der Waals surface area contributed by atoms with Gasteiger partial charge in [0.1, 0.15) is 17.5 Å². The summed E-state index contributed by atoms with van der Waals surface area (Å²) in [6.45, 7) is 7.33. The molecule has 0 aliphatic carbocycles. The lowest BCUT2D eigenvalue weighted by Gasteiger charge is -2.33. The first-order valence-corrected chi connectivity index (χ1v) is 8.84. The Balaban J connectivity index is 2.58. The molecule has 0 unspecified atom stereocenters. The molecular formula is C21H26N2O4. The topological polar surface area (TPSA) is 89.9 Å². The standard InChI is InChI=1S/C21H26N2O4/c1-5-18(26)23(15-8-12-17(25)13-9-15)19(20(27)22-21(2,3)4)14-6-10-16(24)11-7-14/h6-13,19,24-25H,5H2,1-4H3,(H,22,27)/t19-/m0/s1. The van der Waals surface area contributed by atoms with Gasteiger partial charge in [0, 0.05) is 17.6 Å². The maximum Gasteiger partial charge on any atom is 0.248 e. The first-order valence-electron chi connectivity index (χ1n) is 8.84. The first kappa shape index (κ1) is 20.3. The second-order valence-corrected chi connectivity index (χ2v) is 7.37. The third-order valence-electron chi connectivity index (χ3n) is 3.91. The molecule has 0 spiro atoms.